The summed E-state index contributed by atoms with van der Waals surface area (Å²) >= 11 is 0. The first-order valence-electron chi connectivity index (χ1n) is 3.96. The van der Waals surface area contributed by atoms with Crippen molar-refractivity contribution in [1.82, 2.24) is 0 Å². The summed E-state index contributed by atoms with van der Waals surface area (Å²) in [4.78, 5) is 21.1. The highest BCUT2D eigenvalue weighted by molar-refractivity contribution is 7.88. The van der Waals surface area contributed by atoms with Crippen LogP contribution in [-0.2, 0) is 19.7 Å². The number of hydrogen-bond acceptors (Lipinski definition) is 4. The van der Waals surface area contributed by atoms with Crippen molar-refractivity contribution in [2.75, 3.05) is 0 Å². The van der Waals surface area contributed by atoms with Crippen molar-refractivity contribution in [1.29, 1.82) is 0 Å². The number of carbonyl (C=O) groups is 2. The molecule has 1 atom stereocenters. The smallest absolute Gasteiger partial charge is 0.328 e. The van der Waals surface area contributed by atoms with E-state index in [2.05, 4.69) is 0 Å². The van der Waals surface area contributed by atoms with Gasteiger partial charge in [0.15, 0.2) is 0 Å². The predicted octanol–water partition coefficient (Wildman–Crippen LogP) is 0.343. The van der Waals surface area contributed by atoms with Gasteiger partial charge in [0.1, 0.15) is 0 Å². The van der Waals surface area contributed by atoms with Gasteiger partial charge >= 0.3 is 11.9 Å². The summed E-state index contributed by atoms with van der Waals surface area (Å²) in [6.07, 6.45) is -5.35. The molecule has 0 fully saturated rings. The van der Waals surface area contributed by atoms with E-state index in [9.17, 15) is 26.8 Å². The lowest BCUT2D eigenvalue weighted by Gasteiger charge is -2.22. The Kier molecular flexibility index (Phi) is 4.71. The van der Waals surface area contributed by atoms with Crippen LogP contribution in [0.5, 0.6) is 0 Å². The molecular formula is C7H8F2O7S. The largest absolute Gasteiger partial charge is 0.481 e. The third-order valence-electron chi connectivity index (χ3n) is 1.91. The molecule has 0 saturated carbocycles. The Morgan fingerprint density at radius 2 is 1.71 bits per heavy atom. The molecule has 0 amide bonds. The van der Waals surface area contributed by atoms with Crippen molar-refractivity contribution < 1.29 is 41.6 Å². The van der Waals surface area contributed by atoms with E-state index in [4.69, 9.17) is 14.8 Å². The van der Waals surface area contributed by atoms with Gasteiger partial charge in [-0.2, -0.15) is 17.2 Å². The fourth-order valence-electron chi connectivity index (χ4n) is 1.03. The molecular weight excluding hydrogens is 266 g/mol. The molecule has 0 aromatic heterocycles. The van der Waals surface area contributed by atoms with Gasteiger partial charge in [0.2, 0.25) is 4.75 Å². The van der Waals surface area contributed by atoms with Gasteiger partial charge in [-0.15, -0.1) is 0 Å². The average Bonchev–Trinajstić information content (AvgIpc) is 2.08. The molecule has 0 rings (SSSR count). The van der Waals surface area contributed by atoms with E-state index in [0.717, 1.165) is 0 Å². The number of rotatable bonds is 6. The Morgan fingerprint density at radius 3 is 1.94 bits per heavy atom. The quantitative estimate of drug-likeness (QED) is 0.595. The SMILES string of the molecule is O=C(O)CC(CC=C(F)F)(C(=O)O)S(=O)(=O)O. The maximum atomic E-state index is 11.8. The minimum Gasteiger partial charge on any atom is -0.481 e. The molecule has 0 spiro atoms. The van der Waals surface area contributed by atoms with Crippen molar-refractivity contribution in [3.8, 4) is 0 Å². The van der Waals surface area contributed by atoms with Gasteiger partial charge in [0.25, 0.3) is 16.2 Å². The van der Waals surface area contributed by atoms with Gasteiger partial charge in [0, 0.05) is 6.42 Å². The number of allylic oxidation sites excluding steroid dienone is 1. The maximum absolute atomic E-state index is 11.8. The maximum Gasteiger partial charge on any atom is 0.328 e. The lowest BCUT2D eigenvalue weighted by atomic mass is 10.0. The third kappa shape index (κ3) is 3.75. The van der Waals surface area contributed by atoms with E-state index in [0.29, 0.717) is 0 Å². The van der Waals surface area contributed by atoms with Crippen molar-refractivity contribution in [2.45, 2.75) is 17.6 Å². The van der Waals surface area contributed by atoms with Gasteiger partial charge in [-0.25, -0.2) is 0 Å². The lowest BCUT2D eigenvalue weighted by molar-refractivity contribution is -0.146. The zero-order chi connectivity index (χ0) is 13.9. The molecule has 7 nitrogen and oxygen atoms in total. The zero-order valence-electron chi connectivity index (χ0n) is 8.13. The number of aliphatic carboxylic acids is 2. The number of halogens is 2. The van der Waals surface area contributed by atoms with Crippen molar-refractivity contribution >= 4 is 22.1 Å². The molecule has 0 aliphatic rings. The van der Waals surface area contributed by atoms with Gasteiger partial charge in [-0.3, -0.25) is 14.1 Å². The standard InChI is InChI=1S/C7H8F2O7S/c8-4(9)1-2-7(6(12)13,3-5(10)11)17(14,15)16/h1H,2-3H2,(H,10,11)(H,12,13)(H,14,15,16). The topological polar surface area (TPSA) is 129 Å². The van der Waals surface area contributed by atoms with Crippen LogP contribution in [-0.4, -0.2) is 39.9 Å². The van der Waals surface area contributed by atoms with Crippen molar-refractivity contribution in [3.63, 3.8) is 0 Å². The van der Waals surface area contributed by atoms with Crippen molar-refractivity contribution in [2.24, 2.45) is 0 Å². The molecule has 3 N–H and O–H groups in total. The van der Waals surface area contributed by atoms with Crippen LogP contribution in [0.3, 0.4) is 0 Å². The van der Waals surface area contributed by atoms with Gasteiger partial charge in [-0.1, -0.05) is 0 Å². The molecule has 17 heavy (non-hydrogen) atoms. The molecule has 0 aliphatic heterocycles. The number of carboxylic acids is 2. The van der Waals surface area contributed by atoms with E-state index in [1.165, 1.54) is 0 Å². The first-order valence-corrected chi connectivity index (χ1v) is 5.40. The molecule has 10 heteroatoms. The summed E-state index contributed by atoms with van der Waals surface area (Å²) in [7, 11) is -5.37. The second kappa shape index (κ2) is 5.19. The van der Waals surface area contributed by atoms with Crippen LogP contribution in [0.2, 0.25) is 0 Å². The normalized spacial score (nSPS) is 14.8. The van der Waals surface area contributed by atoms with Crippen LogP contribution >= 0.6 is 0 Å². The Morgan fingerprint density at radius 1 is 1.24 bits per heavy atom. The van der Waals surface area contributed by atoms with E-state index >= 15 is 0 Å². The predicted molar refractivity (Wildman–Crippen MR) is 49.1 cm³/mol. The Balaban J connectivity index is 5.67. The van der Waals surface area contributed by atoms with Crippen molar-refractivity contribution in [3.05, 3.63) is 12.2 Å². The van der Waals surface area contributed by atoms with Crippen LogP contribution in [0, 0.1) is 0 Å². The lowest BCUT2D eigenvalue weighted by Crippen LogP contribution is -2.47. The first-order chi connectivity index (χ1) is 7.53. The highest BCUT2D eigenvalue weighted by atomic mass is 32.2. The minimum atomic E-state index is -5.37. The highest BCUT2D eigenvalue weighted by Gasteiger charge is 2.51. The average molecular weight is 274 g/mol. The van der Waals surface area contributed by atoms with E-state index in [1.807, 2.05) is 0 Å². The second-order valence-corrected chi connectivity index (χ2v) is 4.77. The molecule has 0 saturated heterocycles. The summed E-state index contributed by atoms with van der Waals surface area (Å²) in [6, 6.07) is 0. The highest BCUT2D eigenvalue weighted by Crippen LogP contribution is 2.27. The molecule has 0 heterocycles. The molecule has 0 aliphatic carbocycles. The summed E-state index contributed by atoms with van der Waals surface area (Å²) in [5, 5.41) is 17.0. The molecule has 0 radical (unpaired) electrons. The third-order valence-corrected chi connectivity index (χ3v) is 3.38. The van der Waals surface area contributed by atoms with Gasteiger partial charge in [0.05, 0.1) is 6.42 Å². The Hall–Kier alpha value is -1.55. The summed E-state index contributed by atoms with van der Waals surface area (Å²) in [6.45, 7) is 0. The van der Waals surface area contributed by atoms with Crippen LogP contribution in [0.4, 0.5) is 8.78 Å². The zero-order valence-corrected chi connectivity index (χ0v) is 8.95. The van der Waals surface area contributed by atoms with E-state index in [1.54, 1.807) is 0 Å². The van der Waals surface area contributed by atoms with E-state index in [-0.39, 0.29) is 6.08 Å². The van der Waals surface area contributed by atoms with E-state index < -0.39 is 45.7 Å². The molecule has 0 aromatic carbocycles. The number of carboxylic acid groups (broad SMARTS) is 2. The molecule has 1 unspecified atom stereocenters. The van der Waals surface area contributed by atoms with Crippen LogP contribution in [0.15, 0.2) is 12.2 Å². The first kappa shape index (κ1) is 15.4. The fraction of sp³-hybridized carbons (Fsp3) is 0.429. The van der Waals surface area contributed by atoms with Gasteiger partial charge in [-0.05, 0) is 6.08 Å². The monoisotopic (exact) mass is 274 g/mol. The number of hydrogen-bond donors (Lipinski definition) is 3. The van der Waals surface area contributed by atoms with Crippen LogP contribution < -0.4 is 0 Å². The summed E-state index contributed by atoms with van der Waals surface area (Å²) in [5.74, 6) is -4.09. The molecule has 0 aromatic rings. The van der Waals surface area contributed by atoms with Crippen LogP contribution in [0.25, 0.3) is 0 Å². The summed E-state index contributed by atoms with van der Waals surface area (Å²) < 4.78 is 50.9. The Labute approximate surface area is 94.1 Å². The van der Waals surface area contributed by atoms with Gasteiger partial charge < -0.3 is 10.2 Å². The summed E-state index contributed by atoms with van der Waals surface area (Å²) in [5.41, 5.74) is 0. The Bertz CT molecular complexity index is 451. The minimum absolute atomic E-state index is 0.0785. The molecule has 98 valence electrons. The molecule has 0 bridgehead atoms. The fourth-order valence-corrected chi connectivity index (χ4v) is 1.85. The second-order valence-electron chi connectivity index (χ2n) is 3.04. The van der Waals surface area contributed by atoms with Crippen LogP contribution in [0.1, 0.15) is 12.8 Å².